The average molecular weight is 261 g/mol. The minimum atomic E-state index is -0.343. The second-order valence-corrected chi connectivity index (χ2v) is 3.87. The van der Waals surface area contributed by atoms with Crippen molar-refractivity contribution in [1.29, 1.82) is 0 Å². The fraction of sp³-hybridized carbons (Fsp3) is 0.231. The highest BCUT2D eigenvalue weighted by Gasteiger charge is 2.04. The third-order valence-corrected chi connectivity index (χ3v) is 2.27. The summed E-state index contributed by atoms with van der Waals surface area (Å²) >= 11 is 0. The number of carbonyl (C=O) groups is 1. The normalized spacial score (nSPS) is 9.95. The summed E-state index contributed by atoms with van der Waals surface area (Å²) in [6.07, 6.45) is 0. The lowest BCUT2D eigenvalue weighted by Gasteiger charge is -2.07. The van der Waals surface area contributed by atoms with Gasteiger partial charge in [0.1, 0.15) is 18.1 Å². The number of hydrogen-bond donors (Lipinski definition) is 2. The molecule has 6 heteroatoms. The van der Waals surface area contributed by atoms with Crippen molar-refractivity contribution < 1.29 is 14.1 Å². The first-order chi connectivity index (χ1) is 9.24. The monoisotopic (exact) mass is 261 g/mol. The van der Waals surface area contributed by atoms with Crippen molar-refractivity contribution in [3.63, 3.8) is 0 Å². The predicted molar refractivity (Wildman–Crippen MR) is 70.2 cm³/mol. The number of nitrogens with one attached hydrogen (secondary N) is 2. The number of ether oxygens (including phenoxy) is 1. The SMILES string of the molecule is Cc1cc(NC(=O)NCCOc2ccccc2)no1. The Hall–Kier alpha value is -2.50. The Morgan fingerprint density at radius 3 is 2.84 bits per heavy atom. The van der Waals surface area contributed by atoms with Crippen molar-refractivity contribution in [1.82, 2.24) is 10.5 Å². The summed E-state index contributed by atoms with van der Waals surface area (Å²) in [4.78, 5) is 11.5. The number of carbonyl (C=O) groups excluding carboxylic acids is 1. The van der Waals surface area contributed by atoms with Crippen LogP contribution in [-0.2, 0) is 0 Å². The Morgan fingerprint density at radius 1 is 1.37 bits per heavy atom. The van der Waals surface area contributed by atoms with Crippen molar-refractivity contribution in [2.75, 3.05) is 18.5 Å². The minimum Gasteiger partial charge on any atom is -0.492 e. The average Bonchev–Trinajstić information content (AvgIpc) is 2.81. The molecule has 0 bridgehead atoms. The maximum absolute atomic E-state index is 11.5. The molecule has 100 valence electrons. The Labute approximate surface area is 110 Å². The van der Waals surface area contributed by atoms with Crippen molar-refractivity contribution in [3.8, 4) is 5.75 Å². The molecule has 2 N–H and O–H groups in total. The van der Waals surface area contributed by atoms with Crippen LogP contribution in [-0.4, -0.2) is 24.3 Å². The second-order valence-electron chi connectivity index (χ2n) is 3.87. The number of aromatic nitrogens is 1. The van der Waals surface area contributed by atoms with E-state index in [-0.39, 0.29) is 6.03 Å². The highest BCUT2D eigenvalue weighted by Crippen LogP contribution is 2.08. The van der Waals surface area contributed by atoms with Gasteiger partial charge in [0, 0.05) is 6.07 Å². The molecule has 0 saturated heterocycles. The molecule has 19 heavy (non-hydrogen) atoms. The lowest BCUT2D eigenvalue weighted by Crippen LogP contribution is -2.32. The van der Waals surface area contributed by atoms with Crippen LogP contribution >= 0.6 is 0 Å². The van der Waals surface area contributed by atoms with Crippen LogP contribution in [0.2, 0.25) is 0 Å². The molecule has 0 fully saturated rings. The Morgan fingerprint density at radius 2 is 2.16 bits per heavy atom. The zero-order valence-electron chi connectivity index (χ0n) is 10.6. The highest BCUT2D eigenvalue weighted by atomic mass is 16.5. The highest BCUT2D eigenvalue weighted by molar-refractivity contribution is 5.88. The standard InChI is InChI=1S/C13H15N3O3/c1-10-9-12(16-19-10)15-13(17)14-7-8-18-11-5-3-2-4-6-11/h2-6,9H,7-8H2,1H3,(H2,14,15,16,17). The van der Waals surface area contributed by atoms with E-state index in [4.69, 9.17) is 9.26 Å². The number of nitrogens with zero attached hydrogens (tertiary/aromatic N) is 1. The number of aryl methyl sites for hydroxylation is 1. The van der Waals surface area contributed by atoms with Crippen LogP contribution in [0.5, 0.6) is 5.75 Å². The molecule has 2 amide bonds. The van der Waals surface area contributed by atoms with Gasteiger partial charge in [0.25, 0.3) is 0 Å². The van der Waals surface area contributed by atoms with Gasteiger partial charge in [0.2, 0.25) is 0 Å². The zero-order chi connectivity index (χ0) is 13.5. The van der Waals surface area contributed by atoms with E-state index >= 15 is 0 Å². The van der Waals surface area contributed by atoms with E-state index in [9.17, 15) is 4.79 Å². The molecule has 1 heterocycles. The van der Waals surface area contributed by atoms with Gasteiger partial charge >= 0.3 is 6.03 Å². The lowest BCUT2D eigenvalue weighted by molar-refractivity contribution is 0.247. The number of amides is 2. The van der Waals surface area contributed by atoms with E-state index in [0.717, 1.165) is 5.75 Å². The molecule has 0 aliphatic carbocycles. The molecule has 2 rings (SSSR count). The second kappa shape index (κ2) is 6.44. The van der Waals surface area contributed by atoms with Crippen molar-refractivity contribution in [2.45, 2.75) is 6.92 Å². The van der Waals surface area contributed by atoms with Gasteiger partial charge in [-0.3, -0.25) is 5.32 Å². The number of benzene rings is 1. The number of urea groups is 1. The van der Waals surface area contributed by atoms with Crippen LogP contribution in [0, 0.1) is 6.92 Å². The Kier molecular flexibility index (Phi) is 4.39. The van der Waals surface area contributed by atoms with Crippen LogP contribution < -0.4 is 15.4 Å². The fourth-order valence-corrected chi connectivity index (χ4v) is 1.44. The van der Waals surface area contributed by atoms with Crippen LogP contribution in [0.15, 0.2) is 40.9 Å². The van der Waals surface area contributed by atoms with E-state index < -0.39 is 0 Å². The van der Waals surface area contributed by atoms with Crippen LogP contribution in [0.1, 0.15) is 5.76 Å². The smallest absolute Gasteiger partial charge is 0.320 e. The molecule has 0 spiro atoms. The first kappa shape index (κ1) is 12.9. The van der Waals surface area contributed by atoms with Gasteiger partial charge in [0.15, 0.2) is 5.82 Å². The molecule has 0 unspecified atom stereocenters. The molecule has 0 aliphatic heterocycles. The van der Waals surface area contributed by atoms with Crippen molar-refractivity contribution in [2.24, 2.45) is 0 Å². The van der Waals surface area contributed by atoms with Gasteiger partial charge in [0.05, 0.1) is 6.54 Å². The largest absolute Gasteiger partial charge is 0.492 e. The summed E-state index contributed by atoms with van der Waals surface area (Å²) in [5.41, 5.74) is 0. The summed E-state index contributed by atoms with van der Waals surface area (Å²) in [6.45, 7) is 2.55. The molecule has 0 radical (unpaired) electrons. The molecule has 1 aromatic carbocycles. The van der Waals surface area contributed by atoms with Crippen LogP contribution in [0.4, 0.5) is 10.6 Å². The summed E-state index contributed by atoms with van der Waals surface area (Å²) < 4.78 is 10.3. The van der Waals surface area contributed by atoms with Gasteiger partial charge in [-0.05, 0) is 19.1 Å². The summed E-state index contributed by atoms with van der Waals surface area (Å²) in [7, 11) is 0. The number of hydrogen-bond acceptors (Lipinski definition) is 4. The van der Waals surface area contributed by atoms with Crippen molar-refractivity contribution in [3.05, 3.63) is 42.2 Å². The molecule has 0 atom stereocenters. The third-order valence-electron chi connectivity index (χ3n) is 2.27. The van der Waals surface area contributed by atoms with Gasteiger partial charge in [-0.1, -0.05) is 23.4 Å². The van der Waals surface area contributed by atoms with Gasteiger partial charge in [-0.25, -0.2) is 4.79 Å². The summed E-state index contributed by atoms with van der Waals surface area (Å²) in [6, 6.07) is 10.7. The Balaban J connectivity index is 1.64. The first-order valence-electron chi connectivity index (χ1n) is 5.90. The van der Waals surface area contributed by atoms with Gasteiger partial charge in [-0.15, -0.1) is 0 Å². The van der Waals surface area contributed by atoms with E-state index in [1.54, 1.807) is 13.0 Å². The third kappa shape index (κ3) is 4.34. The Bertz CT molecular complexity index is 525. The van der Waals surface area contributed by atoms with Crippen molar-refractivity contribution >= 4 is 11.8 Å². The molecule has 0 aliphatic rings. The zero-order valence-corrected chi connectivity index (χ0v) is 10.6. The van der Waals surface area contributed by atoms with E-state index in [1.165, 1.54) is 0 Å². The first-order valence-corrected chi connectivity index (χ1v) is 5.90. The molecule has 6 nitrogen and oxygen atoms in total. The van der Waals surface area contributed by atoms with Crippen LogP contribution in [0.3, 0.4) is 0 Å². The van der Waals surface area contributed by atoms with Gasteiger partial charge in [-0.2, -0.15) is 0 Å². The molecule has 1 aromatic heterocycles. The lowest BCUT2D eigenvalue weighted by atomic mass is 10.3. The topological polar surface area (TPSA) is 76.4 Å². The quantitative estimate of drug-likeness (QED) is 0.809. The van der Waals surface area contributed by atoms with E-state index in [1.807, 2.05) is 30.3 Å². The summed E-state index contributed by atoms with van der Waals surface area (Å²) in [5.74, 6) is 1.80. The maximum atomic E-state index is 11.5. The summed E-state index contributed by atoms with van der Waals surface area (Å²) in [5, 5.41) is 8.86. The molecule has 2 aromatic rings. The maximum Gasteiger partial charge on any atom is 0.320 e. The number of anilines is 1. The minimum absolute atomic E-state index is 0.343. The predicted octanol–water partition coefficient (Wildman–Crippen LogP) is 2.18. The molecule has 0 saturated carbocycles. The van der Waals surface area contributed by atoms with E-state index in [0.29, 0.717) is 24.7 Å². The van der Waals surface area contributed by atoms with Gasteiger partial charge < -0.3 is 14.6 Å². The van der Waals surface area contributed by atoms with Crippen LogP contribution in [0.25, 0.3) is 0 Å². The van der Waals surface area contributed by atoms with E-state index in [2.05, 4.69) is 15.8 Å². The molecular formula is C13H15N3O3. The number of rotatable bonds is 5. The molecular weight excluding hydrogens is 246 g/mol. The fourth-order valence-electron chi connectivity index (χ4n) is 1.44. The number of para-hydroxylation sites is 1.